The first-order valence-electron chi connectivity index (χ1n) is 8.98. The Morgan fingerprint density at radius 2 is 1.70 bits per heavy atom. The highest BCUT2D eigenvalue weighted by atomic mass is 32.2. The second-order valence-electron chi connectivity index (χ2n) is 6.12. The number of nitrogens with zero attached hydrogens (tertiary/aromatic N) is 1. The van der Waals surface area contributed by atoms with Gasteiger partial charge in [0.2, 0.25) is 15.9 Å². The van der Waals surface area contributed by atoms with Crippen LogP contribution in [0.15, 0.2) is 47.4 Å². The fraction of sp³-hybridized carbons (Fsp3) is 0.300. The number of methoxy groups -OCH3 is 2. The lowest BCUT2D eigenvalue weighted by Gasteiger charge is -2.19. The molecule has 0 atom stereocenters. The van der Waals surface area contributed by atoms with Gasteiger partial charge in [-0.3, -0.25) is 4.79 Å². The fourth-order valence-corrected chi connectivity index (χ4v) is 3.84. The lowest BCUT2D eigenvalue weighted by Crippen LogP contribution is -2.35. The summed E-state index contributed by atoms with van der Waals surface area (Å²) in [5, 5.41) is 2.59. The fourth-order valence-electron chi connectivity index (χ4n) is 2.55. The molecule has 1 amide bonds. The van der Waals surface area contributed by atoms with Crippen LogP contribution in [0.2, 0.25) is 0 Å². The molecule has 0 spiro atoms. The highest BCUT2D eigenvalue weighted by Gasteiger charge is 2.27. The number of benzene rings is 2. The average molecular weight is 436 g/mol. The summed E-state index contributed by atoms with van der Waals surface area (Å²) in [7, 11) is 0.0436. The molecule has 0 fully saturated rings. The van der Waals surface area contributed by atoms with Gasteiger partial charge in [-0.25, -0.2) is 13.2 Å². The van der Waals surface area contributed by atoms with Gasteiger partial charge in [-0.1, -0.05) is 0 Å². The zero-order valence-corrected chi connectivity index (χ0v) is 18.0. The van der Waals surface area contributed by atoms with E-state index >= 15 is 0 Å². The van der Waals surface area contributed by atoms with E-state index in [4.69, 9.17) is 14.2 Å². The summed E-state index contributed by atoms with van der Waals surface area (Å²) in [6.45, 7) is 1.54. The van der Waals surface area contributed by atoms with E-state index in [2.05, 4.69) is 5.32 Å². The molecular formula is C20H24N2O7S. The van der Waals surface area contributed by atoms with Crippen molar-refractivity contribution in [3.63, 3.8) is 0 Å². The maximum Gasteiger partial charge on any atom is 0.338 e. The van der Waals surface area contributed by atoms with Gasteiger partial charge in [-0.15, -0.1) is 0 Å². The van der Waals surface area contributed by atoms with Crippen molar-refractivity contribution in [3.05, 3.63) is 48.0 Å². The molecule has 0 saturated carbocycles. The highest BCUT2D eigenvalue weighted by Crippen LogP contribution is 2.30. The molecule has 0 unspecified atom stereocenters. The number of nitrogens with one attached hydrogen (secondary N) is 1. The number of rotatable bonds is 9. The third-order valence-electron chi connectivity index (χ3n) is 4.11. The highest BCUT2D eigenvalue weighted by molar-refractivity contribution is 7.89. The van der Waals surface area contributed by atoms with Crippen molar-refractivity contribution in [2.45, 2.75) is 11.8 Å². The van der Waals surface area contributed by atoms with Crippen LogP contribution < -0.4 is 14.8 Å². The van der Waals surface area contributed by atoms with Gasteiger partial charge in [0.25, 0.3) is 0 Å². The van der Waals surface area contributed by atoms with Crippen molar-refractivity contribution in [1.82, 2.24) is 4.31 Å². The third-order valence-corrected chi connectivity index (χ3v) is 5.93. The van der Waals surface area contributed by atoms with Crippen molar-refractivity contribution in [1.29, 1.82) is 0 Å². The largest absolute Gasteiger partial charge is 0.497 e. The molecule has 2 aromatic carbocycles. The number of carbonyl (C=O) groups is 2. The molecule has 0 saturated heterocycles. The molecule has 30 heavy (non-hydrogen) atoms. The summed E-state index contributed by atoms with van der Waals surface area (Å²) in [6, 6.07) is 10.5. The monoisotopic (exact) mass is 436 g/mol. The minimum atomic E-state index is -4.02. The zero-order chi connectivity index (χ0) is 22.3. The number of ether oxygens (including phenoxy) is 3. The van der Waals surface area contributed by atoms with E-state index < -0.39 is 28.4 Å². The van der Waals surface area contributed by atoms with Crippen LogP contribution in [0.25, 0.3) is 0 Å². The number of amides is 1. The van der Waals surface area contributed by atoms with Gasteiger partial charge in [0.05, 0.1) is 32.9 Å². The summed E-state index contributed by atoms with van der Waals surface area (Å²) in [6.07, 6.45) is 0. The van der Waals surface area contributed by atoms with Crippen molar-refractivity contribution < 1.29 is 32.2 Å². The first-order valence-corrected chi connectivity index (χ1v) is 10.4. The summed E-state index contributed by atoms with van der Waals surface area (Å²) in [5.74, 6) is -0.535. The Bertz CT molecular complexity index is 1000. The number of hydrogen-bond donors (Lipinski definition) is 1. The van der Waals surface area contributed by atoms with Crippen molar-refractivity contribution in [3.8, 4) is 11.5 Å². The molecular weight excluding hydrogens is 412 g/mol. The van der Waals surface area contributed by atoms with Crippen molar-refractivity contribution >= 4 is 27.6 Å². The Morgan fingerprint density at radius 3 is 2.27 bits per heavy atom. The van der Waals surface area contributed by atoms with E-state index in [0.29, 0.717) is 17.0 Å². The maximum absolute atomic E-state index is 12.9. The Morgan fingerprint density at radius 1 is 1.03 bits per heavy atom. The lowest BCUT2D eigenvalue weighted by atomic mass is 10.2. The predicted octanol–water partition coefficient (Wildman–Crippen LogP) is 2.14. The smallest absolute Gasteiger partial charge is 0.338 e. The van der Waals surface area contributed by atoms with E-state index in [0.717, 1.165) is 4.31 Å². The minimum absolute atomic E-state index is 0.113. The molecule has 2 aromatic rings. The standard InChI is InChI=1S/C20H24N2O7S/c1-5-29-20(24)14-6-8-15(9-7-14)21-19(23)13-22(2)30(25,26)18-12-16(27-3)10-11-17(18)28-4/h6-12H,5,13H2,1-4H3,(H,21,23). The SMILES string of the molecule is CCOC(=O)c1ccc(NC(=O)CN(C)S(=O)(=O)c2cc(OC)ccc2OC)cc1. The van der Waals surface area contributed by atoms with Crippen LogP contribution in [0.5, 0.6) is 11.5 Å². The van der Waals surface area contributed by atoms with Gasteiger partial charge >= 0.3 is 5.97 Å². The van der Waals surface area contributed by atoms with Crippen LogP contribution in [-0.4, -0.2) is 59.0 Å². The van der Waals surface area contributed by atoms with Crippen LogP contribution in [0.3, 0.4) is 0 Å². The average Bonchev–Trinajstić information content (AvgIpc) is 2.73. The molecule has 0 aliphatic carbocycles. The lowest BCUT2D eigenvalue weighted by molar-refractivity contribution is -0.116. The number of anilines is 1. The number of carbonyl (C=O) groups excluding carboxylic acids is 2. The van der Waals surface area contributed by atoms with E-state index in [1.54, 1.807) is 13.0 Å². The second kappa shape index (κ2) is 10.1. The van der Waals surface area contributed by atoms with E-state index in [-0.39, 0.29) is 17.3 Å². The Balaban J connectivity index is 2.10. The zero-order valence-electron chi connectivity index (χ0n) is 17.2. The molecule has 1 N–H and O–H groups in total. The van der Waals surface area contributed by atoms with Crippen LogP contribution in [0.1, 0.15) is 17.3 Å². The van der Waals surface area contributed by atoms with Crippen LogP contribution >= 0.6 is 0 Å². The van der Waals surface area contributed by atoms with Crippen LogP contribution in [0.4, 0.5) is 5.69 Å². The number of hydrogen-bond acceptors (Lipinski definition) is 7. The van der Waals surface area contributed by atoms with Crippen molar-refractivity contribution in [2.75, 3.05) is 39.7 Å². The molecule has 2 rings (SSSR count). The summed E-state index contributed by atoms with van der Waals surface area (Å²) in [4.78, 5) is 23.9. The number of sulfonamides is 1. The van der Waals surface area contributed by atoms with Crippen LogP contribution in [-0.2, 0) is 19.6 Å². The van der Waals surface area contributed by atoms with Gasteiger partial charge in [-0.2, -0.15) is 4.31 Å². The molecule has 10 heteroatoms. The van der Waals surface area contributed by atoms with Gasteiger partial charge in [0.15, 0.2) is 0 Å². The summed E-state index contributed by atoms with van der Waals surface area (Å²) < 4.78 is 41.8. The quantitative estimate of drug-likeness (QED) is 0.600. The third kappa shape index (κ3) is 5.49. The van der Waals surface area contributed by atoms with Gasteiger partial charge in [0.1, 0.15) is 16.4 Å². The summed E-state index contributed by atoms with van der Waals surface area (Å²) in [5.41, 5.74) is 0.762. The first-order chi connectivity index (χ1) is 14.2. The van der Waals surface area contributed by atoms with Crippen molar-refractivity contribution in [2.24, 2.45) is 0 Å². The predicted molar refractivity (Wildman–Crippen MR) is 110 cm³/mol. The number of likely N-dealkylation sites (N-methyl/N-ethyl adjacent to an activating group) is 1. The summed E-state index contributed by atoms with van der Waals surface area (Å²) >= 11 is 0. The first kappa shape index (κ1) is 23.2. The molecule has 162 valence electrons. The number of esters is 1. The van der Waals surface area contributed by atoms with E-state index in [9.17, 15) is 18.0 Å². The molecule has 0 heterocycles. The Hall–Kier alpha value is -3.11. The van der Waals surface area contributed by atoms with E-state index in [1.807, 2.05) is 0 Å². The second-order valence-corrected chi connectivity index (χ2v) is 8.14. The molecule has 0 radical (unpaired) electrons. The molecule has 0 aliphatic heterocycles. The molecule has 0 aliphatic rings. The van der Waals surface area contributed by atoms with Gasteiger partial charge < -0.3 is 19.5 Å². The van der Waals surface area contributed by atoms with Gasteiger partial charge in [-0.05, 0) is 43.3 Å². The Labute approximate surface area is 175 Å². The maximum atomic E-state index is 12.9. The van der Waals surface area contributed by atoms with Gasteiger partial charge in [0, 0.05) is 18.8 Å². The molecule has 0 bridgehead atoms. The molecule has 9 nitrogen and oxygen atoms in total. The topological polar surface area (TPSA) is 111 Å². The minimum Gasteiger partial charge on any atom is -0.497 e. The normalized spacial score (nSPS) is 11.1. The molecule has 0 aromatic heterocycles. The Kier molecular flexibility index (Phi) is 7.79. The van der Waals surface area contributed by atoms with Crippen LogP contribution in [0, 0.1) is 0 Å². The van der Waals surface area contributed by atoms with E-state index in [1.165, 1.54) is 57.7 Å².